The Kier molecular flexibility index (Phi) is 4.18. The fourth-order valence-corrected chi connectivity index (χ4v) is 1.17. The third-order valence-corrected chi connectivity index (χ3v) is 1.98. The van der Waals surface area contributed by atoms with Crippen LogP contribution in [0, 0.1) is 0 Å². The number of primary amides is 1. The first kappa shape index (κ1) is 14.3. The summed E-state index contributed by atoms with van der Waals surface area (Å²) in [7, 11) is 0. The molecule has 1 rings (SSSR count). The monoisotopic (exact) mass is 262 g/mol. The molecular formula is C11H13F3N2O2. The first-order valence-electron chi connectivity index (χ1n) is 5.15. The molecule has 18 heavy (non-hydrogen) atoms. The standard InChI is InChI=1S/C11H13F3N2O2/c1-6(2)16-18-9-4-3-7(11(12,13)14)5-8(9)10(15)17/h3-6,16H,1-2H3,(H2,15,17). The number of benzene rings is 1. The van der Waals surface area contributed by atoms with Crippen LogP contribution in [0.1, 0.15) is 29.8 Å². The number of nitrogens with two attached hydrogens (primary N) is 1. The second-order valence-corrected chi connectivity index (χ2v) is 3.95. The predicted octanol–water partition coefficient (Wildman–Crippen LogP) is 2.10. The summed E-state index contributed by atoms with van der Waals surface area (Å²) in [5, 5.41) is 0. The third-order valence-electron chi connectivity index (χ3n) is 1.98. The second kappa shape index (κ2) is 5.26. The van der Waals surface area contributed by atoms with Crippen LogP contribution in [0.5, 0.6) is 5.75 Å². The molecule has 100 valence electrons. The maximum absolute atomic E-state index is 12.5. The fraction of sp³-hybridized carbons (Fsp3) is 0.364. The smallest absolute Gasteiger partial charge is 0.408 e. The van der Waals surface area contributed by atoms with Gasteiger partial charge >= 0.3 is 6.18 Å². The number of halogens is 3. The van der Waals surface area contributed by atoms with Crippen LogP contribution >= 0.6 is 0 Å². The number of alkyl halides is 3. The molecule has 0 aliphatic rings. The van der Waals surface area contributed by atoms with Crippen LogP contribution in [0.4, 0.5) is 13.2 Å². The fourth-order valence-electron chi connectivity index (χ4n) is 1.17. The van der Waals surface area contributed by atoms with E-state index in [2.05, 4.69) is 5.48 Å². The lowest BCUT2D eigenvalue weighted by Gasteiger charge is -2.14. The minimum absolute atomic E-state index is 0.0378. The molecule has 4 nitrogen and oxygen atoms in total. The summed E-state index contributed by atoms with van der Waals surface area (Å²) in [5.74, 6) is -1.02. The van der Waals surface area contributed by atoms with E-state index in [1.165, 1.54) is 0 Å². The Hall–Kier alpha value is -1.76. The van der Waals surface area contributed by atoms with Crippen LogP contribution in [0.15, 0.2) is 18.2 Å². The summed E-state index contributed by atoms with van der Waals surface area (Å²) in [6.07, 6.45) is -4.53. The van der Waals surface area contributed by atoms with Gasteiger partial charge in [-0.15, -0.1) is 0 Å². The van der Waals surface area contributed by atoms with Crippen molar-refractivity contribution in [1.82, 2.24) is 5.48 Å². The molecule has 1 aromatic rings. The molecule has 0 saturated heterocycles. The van der Waals surface area contributed by atoms with Gasteiger partial charge in [0.15, 0.2) is 5.75 Å². The molecule has 0 radical (unpaired) electrons. The Bertz CT molecular complexity index is 444. The molecule has 1 amide bonds. The van der Waals surface area contributed by atoms with E-state index in [-0.39, 0.29) is 17.4 Å². The average Bonchev–Trinajstić information content (AvgIpc) is 2.24. The van der Waals surface area contributed by atoms with E-state index in [9.17, 15) is 18.0 Å². The van der Waals surface area contributed by atoms with Crippen molar-refractivity contribution in [1.29, 1.82) is 0 Å². The van der Waals surface area contributed by atoms with Crippen molar-refractivity contribution < 1.29 is 22.8 Å². The van der Waals surface area contributed by atoms with E-state index in [1.54, 1.807) is 13.8 Å². The lowest BCUT2D eigenvalue weighted by atomic mass is 10.1. The van der Waals surface area contributed by atoms with Gasteiger partial charge in [-0.3, -0.25) is 4.79 Å². The average molecular weight is 262 g/mol. The highest BCUT2D eigenvalue weighted by Gasteiger charge is 2.31. The van der Waals surface area contributed by atoms with Crippen molar-refractivity contribution in [3.63, 3.8) is 0 Å². The molecule has 0 saturated carbocycles. The van der Waals surface area contributed by atoms with Gasteiger partial charge in [-0.1, -0.05) is 0 Å². The van der Waals surface area contributed by atoms with Gasteiger partial charge in [0.1, 0.15) is 0 Å². The van der Waals surface area contributed by atoms with Gasteiger partial charge in [-0.25, -0.2) is 0 Å². The quantitative estimate of drug-likeness (QED) is 0.817. The highest BCUT2D eigenvalue weighted by Crippen LogP contribution is 2.32. The number of hydroxylamine groups is 1. The molecule has 0 fully saturated rings. The van der Waals surface area contributed by atoms with Crippen LogP contribution in [0.2, 0.25) is 0 Å². The lowest BCUT2D eigenvalue weighted by molar-refractivity contribution is -0.137. The molecule has 0 unspecified atom stereocenters. The number of nitrogens with one attached hydrogen (secondary N) is 1. The van der Waals surface area contributed by atoms with Crippen molar-refractivity contribution in [2.75, 3.05) is 0 Å². The predicted molar refractivity (Wildman–Crippen MR) is 58.9 cm³/mol. The van der Waals surface area contributed by atoms with Gasteiger partial charge in [0.05, 0.1) is 11.1 Å². The number of carbonyl (C=O) groups excluding carboxylic acids is 1. The number of hydrogen-bond acceptors (Lipinski definition) is 3. The summed E-state index contributed by atoms with van der Waals surface area (Å²) < 4.78 is 37.4. The zero-order chi connectivity index (χ0) is 13.9. The molecule has 0 aliphatic heterocycles. The van der Waals surface area contributed by atoms with Crippen molar-refractivity contribution in [2.24, 2.45) is 5.73 Å². The van der Waals surface area contributed by atoms with Gasteiger partial charge in [0.25, 0.3) is 5.91 Å². The molecule has 0 heterocycles. The molecule has 0 aromatic heterocycles. The van der Waals surface area contributed by atoms with E-state index < -0.39 is 17.6 Å². The van der Waals surface area contributed by atoms with Crippen LogP contribution < -0.4 is 16.1 Å². The molecule has 7 heteroatoms. The summed E-state index contributed by atoms with van der Waals surface area (Å²) >= 11 is 0. The van der Waals surface area contributed by atoms with Crippen molar-refractivity contribution in [2.45, 2.75) is 26.1 Å². The molecule has 0 aliphatic carbocycles. The number of hydrogen-bond donors (Lipinski definition) is 2. The number of rotatable bonds is 4. The van der Waals surface area contributed by atoms with E-state index >= 15 is 0 Å². The summed E-state index contributed by atoms with van der Waals surface area (Å²) in [6.45, 7) is 3.54. The second-order valence-electron chi connectivity index (χ2n) is 3.95. The molecule has 1 aromatic carbocycles. The van der Waals surface area contributed by atoms with Crippen LogP contribution in [-0.4, -0.2) is 11.9 Å². The minimum atomic E-state index is -4.53. The molecule has 0 spiro atoms. The Morgan fingerprint density at radius 2 is 2.00 bits per heavy atom. The third kappa shape index (κ3) is 3.63. The lowest BCUT2D eigenvalue weighted by Crippen LogP contribution is -2.28. The largest absolute Gasteiger partial charge is 0.416 e. The Balaban J connectivity index is 3.09. The number of carbonyl (C=O) groups is 1. The molecular weight excluding hydrogens is 249 g/mol. The Morgan fingerprint density at radius 3 is 2.44 bits per heavy atom. The van der Waals surface area contributed by atoms with E-state index in [4.69, 9.17) is 10.6 Å². The molecule has 0 atom stereocenters. The highest BCUT2D eigenvalue weighted by molar-refractivity contribution is 5.95. The van der Waals surface area contributed by atoms with Gasteiger partial charge in [0.2, 0.25) is 0 Å². The van der Waals surface area contributed by atoms with Crippen molar-refractivity contribution in [3.05, 3.63) is 29.3 Å². The van der Waals surface area contributed by atoms with Crippen LogP contribution in [-0.2, 0) is 6.18 Å². The van der Waals surface area contributed by atoms with Crippen molar-refractivity contribution >= 4 is 5.91 Å². The molecule has 3 N–H and O–H groups in total. The summed E-state index contributed by atoms with van der Waals surface area (Å²) in [5.41, 5.74) is 6.27. The van der Waals surface area contributed by atoms with Crippen LogP contribution in [0.3, 0.4) is 0 Å². The SMILES string of the molecule is CC(C)NOc1ccc(C(F)(F)F)cc1C(N)=O. The van der Waals surface area contributed by atoms with Crippen LogP contribution in [0.25, 0.3) is 0 Å². The Morgan fingerprint density at radius 1 is 1.39 bits per heavy atom. The zero-order valence-corrected chi connectivity index (χ0v) is 9.84. The first-order valence-corrected chi connectivity index (χ1v) is 5.15. The maximum Gasteiger partial charge on any atom is 0.416 e. The minimum Gasteiger partial charge on any atom is -0.408 e. The topological polar surface area (TPSA) is 64.3 Å². The molecule has 0 bridgehead atoms. The van der Waals surface area contributed by atoms with Gasteiger partial charge in [-0.05, 0) is 32.0 Å². The van der Waals surface area contributed by atoms with Gasteiger partial charge in [0, 0.05) is 6.04 Å². The van der Waals surface area contributed by atoms with Gasteiger partial charge in [-0.2, -0.15) is 18.7 Å². The first-order chi connectivity index (χ1) is 8.21. The van der Waals surface area contributed by atoms with Crippen molar-refractivity contribution in [3.8, 4) is 5.75 Å². The number of amides is 1. The van der Waals surface area contributed by atoms with E-state index in [0.717, 1.165) is 12.1 Å². The summed E-state index contributed by atoms with van der Waals surface area (Å²) in [4.78, 5) is 16.1. The van der Waals surface area contributed by atoms with E-state index in [1.807, 2.05) is 0 Å². The highest BCUT2D eigenvalue weighted by atomic mass is 19.4. The maximum atomic E-state index is 12.5. The summed E-state index contributed by atoms with van der Waals surface area (Å²) in [6, 6.07) is 2.48. The van der Waals surface area contributed by atoms with Gasteiger partial charge < -0.3 is 10.6 Å². The Labute approximate surface area is 102 Å². The van der Waals surface area contributed by atoms with E-state index in [0.29, 0.717) is 6.07 Å². The zero-order valence-electron chi connectivity index (χ0n) is 9.84. The normalized spacial score (nSPS) is 11.7.